The van der Waals surface area contributed by atoms with E-state index in [0.717, 1.165) is 70.7 Å². The second-order valence-electron chi connectivity index (χ2n) is 28.5. The number of azide groups is 1. The number of hydrogen-bond donors (Lipinski definition) is 0. The molecule has 4 fully saturated rings. The van der Waals surface area contributed by atoms with E-state index >= 15 is 14.4 Å². The van der Waals surface area contributed by atoms with Crippen LogP contribution < -0.4 is 10.4 Å². The predicted octanol–water partition coefficient (Wildman–Crippen LogP) is 5.01. The molecule has 4 saturated heterocycles. The van der Waals surface area contributed by atoms with Gasteiger partial charge in [-0.1, -0.05) is 117 Å². The molecule has 0 aromatic heterocycles. The van der Waals surface area contributed by atoms with Gasteiger partial charge >= 0.3 is 53.7 Å². The summed E-state index contributed by atoms with van der Waals surface area (Å²) in [7, 11) is -3.88. The zero-order valence-corrected chi connectivity index (χ0v) is 67.4. The van der Waals surface area contributed by atoms with Gasteiger partial charge in [0.15, 0.2) is 80.1 Å². The van der Waals surface area contributed by atoms with Gasteiger partial charge in [0, 0.05) is 66.8 Å². The first-order valence-electron chi connectivity index (χ1n) is 37.6. The summed E-state index contributed by atoms with van der Waals surface area (Å²) in [6, 6.07) is 29.8. The molecule has 5 heterocycles. The molecule has 0 aliphatic carbocycles. The number of benzene rings is 4. The van der Waals surface area contributed by atoms with Crippen LogP contribution in [0.2, 0.25) is 5.04 Å². The molecule has 4 aromatic carbocycles. The molecule has 4 aromatic rings. The van der Waals surface area contributed by atoms with E-state index in [0.29, 0.717) is 0 Å². The highest BCUT2D eigenvalue weighted by Crippen LogP contribution is 2.44. The molecule has 116 heavy (non-hydrogen) atoms. The Labute approximate surface area is 669 Å². The Bertz CT molecular complexity index is 4020. The first-order valence-corrected chi connectivity index (χ1v) is 39.5. The van der Waals surface area contributed by atoms with Crippen molar-refractivity contribution in [2.24, 2.45) is 5.11 Å². The number of esters is 9. The molecular formula is C79H98N4O32Si. The van der Waals surface area contributed by atoms with Crippen LogP contribution in [0.25, 0.3) is 10.4 Å². The molecule has 37 heteroatoms. The van der Waals surface area contributed by atoms with Crippen molar-refractivity contribution >= 4 is 84.2 Å². The Morgan fingerprint density at radius 2 is 0.802 bits per heavy atom. The maximum atomic E-state index is 15.8. The summed E-state index contributed by atoms with van der Waals surface area (Å²) in [5.41, 5.74) is 8.28. The lowest BCUT2D eigenvalue weighted by Gasteiger charge is -2.53. The number of ether oxygens (including phenoxy) is 20. The van der Waals surface area contributed by atoms with Crippen molar-refractivity contribution in [2.75, 3.05) is 66.0 Å². The van der Waals surface area contributed by atoms with Gasteiger partial charge in [-0.05, 0) is 59.1 Å². The lowest BCUT2D eigenvalue weighted by molar-refractivity contribution is -0.394. The van der Waals surface area contributed by atoms with Crippen LogP contribution >= 0.6 is 0 Å². The van der Waals surface area contributed by atoms with Gasteiger partial charge in [0.05, 0.1) is 81.8 Å². The van der Waals surface area contributed by atoms with Crippen LogP contribution in [0.5, 0.6) is 0 Å². The molecule has 5 aliphatic rings. The van der Waals surface area contributed by atoms with E-state index < -0.39 is 221 Å². The predicted molar refractivity (Wildman–Crippen MR) is 398 cm³/mol. The van der Waals surface area contributed by atoms with Gasteiger partial charge in [-0.25, -0.2) is 4.79 Å². The third-order valence-corrected chi connectivity index (χ3v) is 24.0. The van der Waals surface area contributed by atoms with E-state index in [1.54, 1.807) is 6.07 Å². The van der Waals surface area contributed by atoms with Gasteiger partial charge in [0.1, 0.15) is 37.1 Å². The van der Waals surface area contributed by atoms with E-state index in [-0.39, 0.29) is 62.9 Å². The Hall–Kier alpha value is -9.70. The molecule has 0 radical (unpaired) electrons. The van der Waals surface area contributed by atoms with E-state index in [2.05, 4.69) is 10.0 Å². The molecule has 20 atom stereocenters. The fourth-order valence-corrected chi connectivity index (χ4v) is 19.0. The van der Waals surface area contributed by atoms with Crippen molar-refractivity contribution in [3.63, 3.8) is 0 Å². The van der Waals surface area contributed by atoms with Gasteiger partial charge in [-0.3, -0.25) is 52.8 Å². The summed E-state index contributed by atoms with van der Waals surface area (Å²) < 4.78 is 135. The van der Waals surface area contributed by atoms with Crippen LogP contribution in [0, 0.1) is 0 Å². The number of hydrogen-bond acceptors (Lipinski definition) is 33. The molecule has 0 N–H and O–H groups in total. The van der Waals surface area contributed by atoms with Gasteiger partial charge < -0.3 is 99.2 Å². The van der Waals surface area contributed by atoms with Crippen molar-refractivity contribution < 1.29 is 152 Å². The van der Waals surface area contributed by atoms with E-state index in [4.69, 9.17) is 105 Å². The smallest absolute Gasteiger partial charge is 0.338 e. The highest BCUT2D eigenvalue weighted by Gasteiger charge is 2.64. The summed E-state index contributed by atoms with van der Waals surface area (Å²) in [5, 5.41) is 4.07. The molecule has 0 spiro atoms. The molecule has 5 aliphatic heterocycles. The maximum absolute atomic E-state index is 15.8. The Balaban J connectivity index is 1.33. The average Bonchev–Trinajstić information content (AvgIpc) is 1.29. The standard InChI is InChI=1S/C79H98N4O32Si/c1-43-61(103-46(4)85)66(106-49(7)88)69(108-51(9)90)76(101-43)114-65-60(83-72(92)56-31-23-24-32-57(56)73(83)93)75(98-40-39-97-38-37-96-36-35-95-34-33-81-82-80)110-59(42-100-116(79(11,12)13,54-27-19-15-20-28-54)55-29-21-16-22-30-55)63(65)113-78-71(115-77-70(109-52(10)91)67(107-50(8)89)62(44(2)102-77)104-47(5)86)68(112-74(94)53-25-17-14-18-26-53)64(105-48(6)87)58(111-78)41-99-45(3)84/h14-32,43-44,58-71,75-78H,33-42H2,1-13H3/t43-,44+,58+,59+,60+,61+,62-,63+,64-,65+,66+,67-,68-,69-,70+,71+,75+,76-,77+,78-/m0/s1. The monoisotopic (exact) mass is 1640 g/mol. The minimum Gasteiger partial charge on any atom is -0.463 e. The van der Waals surface area contributed by atoms with Gasteiger partial charge in [0.25, 0.3) is 20.1 Å². The highest BCUT2D eigenvalue weighted by molar-refractivity contribution is 6.99. The molecule has 630 valence electrons. The number of rotatable bonds is 36. The van der Waals surface area contributed by atoms with Crippen molar-refractivity contribution in [2.45, 2.75) is 218 Å². The van der Waals surface area contributed by atoms with Crippen molar-refractivity contribution in [3.05, 3.63) is 142 Å². The van der Waals surface area contributed by atoms with Crippen molar-refractivity contribution in [1.29, 1.82) is 0 Å². The average molecular weight is 1640 g/mol. The minimum absolute atomic E-state index is 0.0225. The zero-order chi connectivity index (χ0) is 84.1. The number of nitrogens with zero attached hydrogens (tertiary/aromatic N) is 4. The zero-order valence-electron chi connectivity index (χ0n) is 66.4. The van der Waals surface area contributed by atoms with Crippen LogP contribution in [0.15, 0.2) is 120 Å². The van der Waals surface area contributed by atoms with E-state index in [1.165, 1.54) is 62.4 Å². The van der Waals surface area contributed by atoms with Crippen molar-refractivity contribution in [3.8, 4) is 0 Å². The topological polar surface area (TPSA) is 434 Å². The molecule has 0 bridgehead atoms. The first kappa shape index (κ1) is 90.2. The largest absolute Gasteiger partial charge is 0.463 e. The Morgan fingerprint density at radius 1 is 0.422 bits per heavy atom. The highest BCUT2D eigenvalue weighted by atomic mass is 28.4. The number of carbonyl (C=O) groups excluding carboxylic acids is 11. The van der Waals surface area contributed by atoms with Crippen molar-refractivity contribution in [1.82, 2.24) is 4.90 Å². The molecule has 0 saturated carbocycles. The van der Waals surface area contributed by atoms with Crippen LogP contribution in [0.4, 0.5) is 0 Å². The number of amides is 2. The second kappa shape index (κ2) is 41.9. The van der Waals surface area contributed by atoms with Gasteiger partial charge in [-0.2, -0.15) is 0 Å². The molecular weight excluding hydrogens is 1540 g/mol. The quantitative estimate of drug-likeness (QED) is 0.00843. The summed E-state index contributed by atoms with van der Waals surface area (Å²) in [6.45, 7) is 15.5. The Kier molecular flexibility index (Phi) is 32.6. The fraction of sp³-hybridized carbons (Fsp3) is 0.557. The first-order chi connectivity index (χ1) is 55.3. The second-order valence-corrected chi connectivity index (χ2v) is 32.8. The maximum Gasteiger partial charge on any atom is 0.338 e. The summed E-state index contributed by atoms with van der Waals surface area (Å²) in [5.74, 6) is -10.8. The summed E-state index contributed by atoms with van der Waals surface area (Å²) in [6.07, 6.45) is -35.9. The van der Waals surface area contributed by atoms with E-state index in [1.807, 2.05) is 81.4 Å². The SMILES string of the molecule is CC(=O)OC[C@H]1O[C@@H](O[C@H]2[C@H](O[C@@H]3O[C@@H](C)[C@@H](OC(C)=O)[C@@H](OC(C)=O)[C@@H]3OC(C)=O)[C@@H](N3C(=O)c4ccccc4C3=O)[C@H](OCCOCCOCCOCCN=[N+]=[N-])O[C@@H]2CO[Si](c2ccccc2)(c2ccccc2)C(C)(C)C)[C@H](O[C@H]2O[C@H](C)[C@H](OC(C)=O)[C@H](OC(C)=O)[C@H]2OC(C)=O)[C@@H](OC(=O)c2ccccc2)[C@H]1OC(C)=O. The molecule has 9 rings (SSSR count). The normalized spacial score (nSPS) is 27.8. The minimum atomic E-state index is -3.88. The van der Waals surface area contributed by atoms with Crippen LogP contribution in [0.1, 0.15) is 121 Å². The van der Waals surface area contributed by atoms with E-state index in [9.17, 15) is 38.4 Å². The fourth-order valence-electron chi connectivity index (χ4n) is 14.4. The molecule has 36 nitrogen and oxygen atoms in total. The third kappa shape index (κ3) is 22.9. The summed E-state index contributed by atoms with van der Waals surface area (Å²) >= 11 is 0. The number of imide groups is 1. The van der Waals surface area contributed by atoms with Crippen LogP contribution in [-0.4, -0.2) is 268 Å². The molecule has 2 amide bonds. The van der Waals surface area contributed by atoms with Crippen LogP contribution in [-0.2, 0) is 138 Å². The van der Waals surface area contributed by atoms with Crippen LogP contribution in [0.3, 0.4) is 0 Å². The lowest BCUT2D eigenvalue weighted by atomic mass is 9.93. The number of carbonyl (C=O) groups is 11. The molecule has 0 unspecified atom stereocenters. The summed E-state index contributed by atoms with van der Waals surface area (Å²) in [4.78, 5) is 157. The lowest BCUT2D eigenvalue weighted by Crippen LogP contribution is -2.72. The Morgan fingerprint density at radius 3 is 1.26 bits per heavy atom. The van der Waals surface area contributed by atoms with Gasteiger partial charge in [-0.15, -0.1) is 0 Å². The number of fused-ring (bicyclic) bond motifs is 1. The van der Waals surface area contributed by atoms with Gasteiger partial charge in [0.2, 0.25) is 0 Å². The third-order valence-electron chi connectivity index (χ3n) is 19.0.